The van der Waals surface area contributed by atoms with Gasteiger partial charge in [0.15, 0.2) is 0 Å². The minimum atomic E-state index is -0.816. The van der Waals surface area contributed by atoms with Crippen molar-refractivity contribution in [3.63, 3.8) is 0 Å². The summed E-state index contributed by atoms with van der Waals surface area (Å²) in [4.78, 5) is 0. The smallest absolute Gasteiger partial charge is 0.139 e. The van der Waals surface area contributed by atoms with Gasteiger partial charge in [0.05, 0.1) is 13.2 Å². The molecule has 0 spiro atoms. The maximum absolute atomic E-state index is 12.7. The fraction of sp³-hybridized carbons (Fsp3) is 1.00. The third-order valence-electron chi connectivity index (χ3n) is 3.32. The highest BCUT2D eigenvalue weighted by atomic mass is 35.5. The van der Waals surface area contributed by atoms with Crippen LogP contribution in [0.25, 0.3) is 0 Å². The Morgan fingerprint density at radius 1 is 0.800 bits per heavy atom. The molecule has 2 rings (SSSR count). The zero-order chi connectivity index (χ0) is 13.4. The molecule has 0 unspecified atom stereocenters. The Morgan fingerprint density at radius 2 is 1.15 bits per heavy atom. The van der Waals surface area contributed by atoms with E-state index in [1.165, 1.54) is 0 Å². The average molecular weight is 339 g/mol. The summed E-state index contributed by atoms with van der Waals surface area (Å²) < 4.78 is 35.1. The predicted octanol–water partition coefficient (Wildman–Crippen LogP) is 1.51. The van der Waals surface area contributed by atoms with Crippen molar-refractivity contribution < 1.29 is 18.3 Å². The van der Waals surface area contributed by atoms with E-state index in [-0.39, 0.29) is 50.1 Å². The summed E-state index contributed by atoms with van der Waals surface area (Å²) in [6.07, 6.45) is -0.0532. The van der Waals surface area contributed by atoms with Gasteiger partial charge in [0.2, 0.25) is 0 Å². The van der Waals surface area contributed by atoms with E-state index in [1.807, 2.05) is 0 Å². The highest BCUT2D eigenvalue weighted by Crippen LogP contribution is 2.10. The Balaban J connectivity index is 0. The maximum atomic E-state index is 12.7. The van der Waals surface area contributed by atoms with Crippen molar-refractivity contribution in [2.24, 2.45) is 0 Å². The summed E-state index contributed by atoms with van der Waals surface area (Å²) in [6.45, 7) is 1.88. The molecule has 8 heteroatoms. The highest BCUT2D eigenvalue weighted by Gasteiger charge is 2.23. The summed E-state index contributed by atoms with van der Waals surface area (Å²) in [5.41, 5.74) is 0. The molecule has 0 amide bonds. The number of hydrogen-bond donors (Lipinski definition) is 2. The fourth-order valence-electron chi connectivity index (χ4n) is 2.06. The topological polar surface area (TPSA) is 42.5 Å². The van der Waals surface area contributed by atoms with Gasteiger partial charge in [0.1, 0.15) is 12.3 Å². The molecular formula is C12H26Cl2F2N2O2. The van der Waals surface area contributed by atoms with Gasteiger partial charge in [-0.05, 0) is 26.9 Å². The van der Waals surface area contributed by atoms with Crippen LogP contribution in [0.4, 0.5) is 8.78 Å². The number of ether oxygens (including phenoxy) is 2. The lowest BCUT2D eigenvalue weighted by Crippen LogP contribution is -2.42. The zero-order valence-electron chi connectivity index (χ0n) is 11.9. The lowest BCUT2D eigenvalue weighted by Gasteiger charge is -2.25. The summed E-state index contributed by atoms with van der Waals surface area (Å²) >= 11 is 0. The van der Waals surface area contributed by atoms with E-state index in [0.717, 1.165) is 12.8 Å². The molecule has 4 nitrogen and oxygen atoms in total. The van der Waals surface area contributed by atoms with Crippen molar-refractivity contribution in [1.29, 1.82) is 0 Å². The molecule has 0 radical (unpaired) electrons. The first-order valence-corrected chi connectivity index (χ1v) is 6.47. The largest absolute Gasteiger partial charge is 0.378 e. The summed E-state index contributed by atoms with van der Waals surface area (Å²) in [6, 6.07) is 0.0255. The molecule has 0 saturated carbocycles. The molecule has 124 valence electrons. The van der Waals surface area contributed by atoms with Crippen molar-refractivity contribution in [3.05, 3.63) is 0 Å². The quantitative estimate of drug-likeness (QED) is 0.800. The second kappa shape index (κ2) is 13.0. The van der Waals surface area contributed by atoms with Crippen molar-refractivity contribution in [3.8, 4) is 0 Å². The third kappa shape index (κ3) is 7.90. The van der Waals surface area contributed by atoms with E-state index in [4.69, 9.17) is 9.47 Å². The van der Waals surface area contributed by atoms with Crippen LogP contribution in [-0.4, -0.2) is 64.9 Å². The van der Waals surface area contributed by atoms with Gasteiger partial charge in [0.25, 0.3) is 0 Å². The number of halogens is 4. The van der Waals surface area contributed by atoms with Gasteiger partial charge in [-0.3, -0.25) is 0 Å². The normalized spacial score (nSPS) is 33.0. The molecule has 0 aromatic heterocycles. The van der Waals surface area contributed by atoms with Crippen molar-refractivity contribution in [2.45, 2.75) is 37.3 Å². The minimum Gasteiger partial charge on any atom is -0.378 e. The van der Waals surface area contributed by atoms with E-state index < -0.39 is 12.3 Å². The molecule has 0 aromatic rings. The average Bonchev–Trinajstić information content (AvgIpc) is 2.41. The van der Waals surface area contributed by atoms with E-state index in [0.29, 0.717) is 13.2 Å². The van der Waals surface area contributed by atoms with Crippen molar-refractivity contribution in [2.75, 3.05) is 40.5 Å². The van der Waals surface area contributed by atoms with Gasteiger partial charge in [-0.15, -0.1) is 24.8 Å². The highest BCUT2D eigenvalue weighted by molar-refractivity contribution is 5.85. The predicted molar refractivity (Wildman–Crippen MR) is 80.9 cm³/mol. The molecule has 2 aliphatic heterocycles. The van der Waals surface area contributed by atoms with Crippen LogP contribution in [-0.2, 0) is 9.47 Å². The molecule has 0 bridgehead atoms. The number of nitrogens with one attached hydrogen (secondary N) is 2. The Morgan fingerprint density at radius 3 is 1.35 bits per heavy atom. The van der Waals surface area contributed by atoms with Crippen LogP contribution < -0.4 is 10.6 Å². The van der Waals surface area contributed by atoms with Gasteiger partial charge in [-0.25, -0.2) is 8.78 Å². The lowest BCUT2D eigenvalue weighted by molar-refractivity contribution is 0.0160. The summed E-state index contributed by atoms with van der Waals surface area (Å²) in [5.74, 6) is 0. The van der Waals surface area contributed by atoms with E-state index in [9.17, 15) is 8.78 Å². The Kier molecular flexibility index (Phi) is 14.6. The number of hydrogen-bond acceptors (Lipinski definition) is 4. The van der Waals surface area contributed by atoms with Gasteiger partial charge in [0, 0.05) is 25.3 Å². The maximum Gasteiger partial charge on any atom is 0.139 e. The standard InChI is InChI=1S/2C6H12FNO.2ClH/c2*1-8-6-2-3-9-4-5(6)7;;/h2*5-6,8H,2-4H2,1H3;2*1H/t2*5-,6+;;/m10../s1. The molecule has 2 N–H and O–H groups in total. The minimum absolute atomic E-state index is 0. The molecule has 2 aliphatic rings. The van der Waals surface area contributed by atoms with Crippen LogP contribution in [0.2, 0.25) is 0 Å². The second-order valence-electron chi connectivity index (χ2n) is 4.55. The molecule has 0 aliphatic carbocycles. The Hall–Kier alpha value is 0.280. The first-order chi connectivity index (χ1) is 8.69. The first kappa shape index (κ1) is 22.6. The fourth-order valence-corrected chi connectivity index (χ4v) is 2.06. The molecule has 0 aromatic carbocycles. The monoisotopic (exact) mass is 338 g/mol. The van der Waals surface area contributed by atoms with Crippen LogP contribution >= 0.6 is 24.8 Å². The molecule has 4 atom stereocenters. The molecule has 2 fully saturated rings. The van der Waals surface area contributed by atoms with Crippen LogP contribution in [0.3, 0.4) is 0 Å². The molecular weight excluding hydrogens is 313 g/mol. The SMILES string of the molecule is CN[C@@H]1CCOC[C@@H]1F.CN[C@H]1CCOC[C@H]1F.Cl.Cl. The molecule has 2 heterocycles. The van der Waals surface area contributed by atoms with E-state index in [2.05, 4.69) is 10.6 Å². The van der Waals surface area contributed by atoms with Gasteiger partial charge < -0.3 is 20.1 Å². The Labute approximate surface area is 132 Å². The van der Waals surface area contributed by atoms with Gasteiger partial charge in [-0.1, -0.05) is 0 Å². The summed E-state index contributed by atoms with van der Waals surface area (Å²) in [7, 11) is 3.56. The zero-order valence-corrected chi connectivity index (χ0v) is 13.6. The lowest BCUT2D eigenvalue weighted by atomic mass is 10.1. The number of alkyl halides is 2. The summed E-state index contributed by atoms with van der Waals surface area (Å²) in [5, 5.41) is 5.80. The van der Waals surface area contributed by atoms with Crippen LogP contribution in [0.5, 0.6) is 0 Å². The Bertz CT molecular complexity index is 210. The first-order valence-electron chi connectivity index (χ1n) is 6.47. The van der Waals surface area contributed by atoms with Gasteiger partial charge in [-0.2, -0.15) is 0 Å². The van der Waals surface area contributed by atoms with E-state index in [1.54, 1.807) is 14.1 Å². The van der Waals surface area contributed by atoms with Crippen molar-refractivity contribution >= 4 is 24.8 Å². The van der Waals surface area contributed by atoms with Crippen LogP contribution in [0.15, 0.2) is 0 Å². The number of rotatable bonds is 2. The van der Waals surface area contributed by atoms with E-state index >= 15 is 0 Å². The van der Waals surface area contributed by atoms with Crippen molar-refractivity contribution in [1.82, 2.24) is 10.6 Å². The third-order valence-corrected chi connectivity index (χ3v) is 3.32. The molecule has 2 saturated heterocycles. The van der Waals surface area contributed by atoms with Crippen LogP contribution in [0.1, 0.15) is 12.8 Å². The second-order valence-corrected chi connectivity index (χ2v) is 4.55. The van der Waals surface area contributed by atoms with Crippen LogP contribution in [0, 0.1) is 0 Å². The molecule has 20 heavy (non-hydrogen) atoms. The van der Waals surface area contributed by atoms with Gasteiger partial charge >= 0.3 is 0 Å².